The number of nitrogens with zero attached hydrogens (tertiary/aromatic N) is 2. The summed E-state index contributed by atoms with van der Waals surface area (Å²) in [4.78, 5) is 5.29. The van der Waals surface area contributed by atoms with Gasteiger partial charge in [-0.25, -0.2) is 4.99 Å². The number of allylic oxidation sites excluding steroid dienone is 2. The lowest BCUT2D eigenvalue weighted by Gasteiger charge is -2.19. The van der Waals surface area contributed by atoms with Crippen molar-refractivity contribution in [1.29, 1.82) is 0 Å². The minimum atomic E-state index is -2.91. The Kier molecular flexibility index (Phi) is 9.99. The molecule has 264 valence electrons. The highest BCUT2D eigenvalue weighted by atomic mass is 19.2. The van der Waals surface area contributed by atoms with Crippen LogP contribution in [0.15, 0.2) is 144 Å². The minimum Gasteiger partial charge on any atom is -0.497 e. The molecule has 7 rings (SSSR count). The molecule has 0 atom stereocenters. The van der Waals surface area contributed by atoms with Crippen molar-refractivity contribution in [1.82, 2.24) is 4.48 Å². The number of hydrogen-bond acceptors (Lipinski definition) is 5. The summed E-state index contributed by atoms with van der Waals surface area (Å²) in [5.74, 6) is 2.70. The lowest BCUT2D eigenvalue weighted by Crippen LogP contribution is -2.18. The summed E-state index contributed by atoms with van der Waals surface area (Å²) in [6.07, 6.45) is 2.01. The zero-order valence-corrected chi connectivity index (χ0v) is 30.1. The van der Waals surface area contributed by atoms with Crippen molar-refractivity contribution < 1.29 is 27.6 Å². The third kappa shape index (κ3) is 6.98. The molecular weight excluding hydrogens is 669 g/mol. The smallest absolute Gasteiger partial charge is 0.497 e. The normalized spacial score (nSPS) is 13.3. The van der Waals surface area contributed by atoms with Gasteiger partial charge in [-0.15, -0.1) is 0 Å². The number of benzene rings is 5. The van der Waals surface area contributed by atoms with Crippen LogP contribution in [-0.2, 0) is 0 Å². The van der Waals surface area contributed by atoms with E-state index in [1.54, 1.807) is 52.7 Å². The number of ether oxygens (including phenoxy) is 4. The van der Waals surface area contributed by atoms with Crippen molar-refractivity contribution in [2.45, 2.75) is 6.92 Å². The first kappa shape index (κ1) is 35.1. The topological polar surface area (TPSA) is 54.2 Å². The van der Waals surface area contributed by atoms with Gasteiger partial charge >= 0.3 is 7.40 Å². The van der Waals surface area contributed by atoms with Gasteiger partial charge in [-0.2, -0.15) is 0 Å². The molecule has 0 amide bonds. The molecule has 6 aromatic rings. The quantitative estimate of drug-likeness (QED) is 0.126. The molecule has 0 fully saturated rings. The number of aliphatic imine (C=N–C) groups is 1. The Morgan fingerprint density at radius 2 is 1.02 bits per heavy atom. The summed E-state index contributed by atoms with van der Waals surface area (Å²) in [6.45, 7) is 2.00. The lowest BCUT2D eigenvalue weighted by molar-refractivity contribution is 0.414. The number of aromatic nitrogens is 1. The van der Waals surface area contributed by atoms with Crippen LogP contribution < -0.4 is 18.9 Å². The third-order valence-electron chi connectivity index (χ3n) is 9.39. The van der Waals surface area contributed by atoms with Crippen molar-refractivity contribution in [2.75, 3.05) is 28.4 Å². The summed E-state index contributed by atoms with van der Waals surface area (Å²) in [7, 11) is 3.51. The van der Waals surface area contributed by atoms with Gasteiger partial charge in [-0.3, -0.25) is 8.63 Å². The van der Waals surface area contributed by atoms with Crippen LogP contribution in [0.3, 0.4) is 0 Å². The van der Waals surface area contributed by atoms with Gasteiger partial charge in [0.25, 0.3) is 0 Å². The fourth-order valence-corrected chi connectivity index (χ4v) is 6.57. The Morgan fingerprint density at radius 1 is 0.566 bits per heavy atom. The maximum Gasteiger partial charge on any atom is 0.678 e. The molecule has 0 unspecified atom stereocenters. The van der Waals surface area contributed by atoms with Gasteiger partial charge in [0.2, 0.25) is 0 Å². The Bertz CT molecular complexity index is 2330. The van der Waals surface area contributed by atoms with E-state index >= 15 is 8.63 Å². The number of hydrogen-bond donors (Lipinski definition) is 0. The predicted octanol–water partition coefficient (Wildman–Crippen LogP) is 10.3. The van der Waals surface area contributed by atoms with Crippen LogP contribution in [0.2, 0.25) is 0 Å². The monoisotopic (exact) mass is 706 g/mol. The minimum absolute atomic E-state index is 0.328. The van der Waals surface area contributed by atoms with E-state index in [2.05, 4.69) is 0 Å². The molecule has 0 radical (unpaired) electrons. The first-order valence-electron chi connectivity index (χ1n) is 17.1. The second-order valence-electron chi connectivity index (χ2n) is 12.5. The molecule has 6 nitrogen and oxygen atoms in total. The Morgan fingerprint density at radius 3 is 1.49 bits per heavy atom. The Hall–Kier alpha value is -6.35. The molecular formula is C44H37BF2N2O4. The maximum atomic E-state index is 15.9. The van der Waals surface area contributed by atoms with Crippen LogP contribution in [0.25, 0.3) is 33.5 Å². The van der Waals surface area contributed by atoms with E-state index in [1.165, 1.54) is 0 Å². The van der Waals surface area contributed by atoms with Crippen molar-refractivity contribution in [2.24, 2.45) is 4.99 Å². The van der Waals surface area contributed by atoms with Crippen molar-refractivity contribution in [3.63, 3.8) is 0 Å². The molecule has 1 aromatic heterocycles. The van der Waals surface area contributed by atoms with E-state index in [4.69, 9.17) is 23.9 Å². The lowest BCUT2D eigenvalue weighted by atomic mass is 9.90. The molecule has 1 aliphatic heterocycles. The summed E-state index contributed by atoms with van der Waals surface area (Å²) >= 11 is 0. The summed E-state index contributed by atoms with van der Waals surface area (Å²) in [5, 5.41) is 0. The number of halogens is 2. The van der Waals surface area contributed by atoms with Crippen LogP contribution >= 0.6 is 0 Å². The second-order valence-corrected chi connectivity index (χ2v) is 12.5. The zero-order valence-electron chi connectivity index (χ0n) is 30.1. The molecule has 0 spiro atoms. The van der Waals surface area contributed by atoms with Crippen LogP contribution in [0.4, 0.5) is 8.63 Å². The standard InChI is InChI=1S/C44H37BF2N2O4/c1-28-6-8-33(9-7-28)42(43-38(29-10-18-34(50-2)19-11-29)26-40(48-43)31-14-22-36(52-4)23-15-31)44-39(30-12-20-35(51-3)21-13-30)27-41(49(44)45(46)47)32-16-24-37(53-5)25-17-32/h6-27H,1-5H3. The highest BCUT2D eigenvalue weighted by molar-refractivity contribution is 6.42. The zero-order chi connectivity index (χ0) is 37.1. The van der Waals surface area contributed by atoms with E-state index in [0.29, 0.717) is 62.5 Å². The van der Waals surface area contributed by atoms with E-state index < -0.39 is 7.40 Å². The first-order valence-corrected chi connectivity index (χ1v) is 17.1. The molecule has 0 N–H and O–H groups in total. The van der Waals surface area contributed by atoms with E-state index in [0.717, 1.165) is 37.9 Å². The maximum absolute atomic E-state index is 15.9. The molecule has 0 saturated carbocycles. The van der Waals surface area contributed by atoms with Crippen LogP contribution in [0.1, 0.15) is 27.9 Å². The molecule has 9 heteroatoms. The van der Waals surface area contributed by atoms with E-state index in [9.17, 15) is 0 Å². The summed E-state index contributed by atoms with van der Waals surface area (Å²) < 4.78 is 54.7. The van der Waals surface area contributed by atoms with Crippen molar-refractivity contribution >= 4 is 24.3 Å². The van der Waals surface area contributed by atoms with Gasteiger partial charge < -0.3 is 23.4 Å². The van der Waals surface area contributed by atoms with Crippen molar-refractivity contribution in [3.05, 3.63) is 167 Å². The summed E-state index contributed by atoms with van der Waals surface area (Å²) in [5.41, 5.74) is 8.71. The molecule has 0 saturated heterocycles. The molecule has 0 aliphatic carbocycles. The Labute approximate surface area is 308 Å². The number of rotatable bonds is 11. The molecule has 53 heavy (non-hydrogen) atoms. The average molecular weight is 707 g/mol. The molecule has 0 bridgehead atoms. The van der Waals surface area contributed by atoms with Crippen LogP contribution in [0.5, 0.6) is 23.0 Å². The second kappa shape index (κ2) is 15.1. The largest absolute Gasteiger partial charge is 0.678 e. The van der Waals surface area contributed by atoms with Gasteiger partial charge in [0.05, 0.1) is 45.5 Å². The van der Waals surface area contributed by atoms with Gasteiger partial charge in [0.15, 0.2) is 0 Å². The SMILES string of the molecule is COc1ccc(C2=CC(c3ccc(OC)cc3)=NC2=C(c2ccc(C)cc2)c2c(-c3ccc(OC)cc3)cc(-c3ccc(OC)cc3)n2B(F)F)cc1. The number of aryl methyl sites for hydroxylation is 1. The average Bonchev–Trinajstić information content (AvgIpc) is 3.82. The first-order chi connectivity index (χ1) is 25.8. The van der Waals surface area contributed by atoms with Gasteiger partial charge in [-0.1, -0.05) is 54.1 Å². The fourth-order valence-electron chi connectivity index (χ4n) is 6.57. The van der Waals surface area contributed by atoms with E-state index in [-0.39, 0.29) is 0 Å². The van der Waals surface area contributed by atoms with E-state index in [1.807, 2.05) is 116 Å². The number of methoxy groups -OCH3 is 4. The van der Waals surface area contributed by atoms with Gasteiger partial charge in [0, 0.05) is 28.0 Å². The fraction of sp³-hybridized carbons (Fsp3) is 0.114. The Balaban J connectivity index is 1.60. The van der Waals surface area contributed by atoms with Crippen molar-refractivity contribution in [3.8, 4) is 45.4 Å². The molecule has 2 heterocycles. The highest BCUT2D eigenvalue weighted by Gasteiger charge is 2.33. The predicted molar refractivity (Wildman–Crippen MR) is 209 cm³/mol. The van der Waals surface area contributed by atoms with Crippen LogP contribution in [-0.4, -0.2) is 46.0 Å². The third-order valence-corrected chi connectivity index (χ3v) is 9.39. The molecule has 1 aliphatic rings. The van der Waals surface area contributed by atoms with Gasteiger partial charge in [-0.05, 0) is 114 Å². The molecule has 5 aromatic carbocycles. The highest BCUT2D eigenvalue weighted by Crippen LogP contribution is 2.46. The van der Waals surface area contributed by atoms with Gasteiger partial charge in [0.1, 0.15) is 23.0 Å². The van der Waals surface area contributed by atoms with Crippen LogP contribution in [0, 0.1) is 6.92 Å². The summed E-state index contributed by atoms with van der Waals surface area (Å²) in [6, 6.07) is 39.7.